The maximum atomic E-state index is 5.61. The summed E-state index contributed by atoms with van der Waals surface area (Å²) in [5.74, 6) is 12.4. The summed E-state index contributed by atoms with van der Waals surface area (Å²) in [5, 5.41) is 5.12. The van der Waals surface area contributed by atoms with Gasteiger partial charge in [0.05, 0.1) is 0 Å². The summed E-state index contributed by atoms with van der Waals surface area (Å²) in [6, 6.07) is 0. The van der Waals surface area contributed by atoms with Crippen LogP contribution in [-0.4, -0.2) is 31.8 Å². The second-order valence-electron chi connectivity index (χ2n) is 4.38. The van der Waals surface area contributed by atoms with E-state index >= 15 is 0 Å². The van der Waals surface area contributed by atoms with Crippen LogP contribution >= 0.6 is 0 Å². The number of nitrogens with two attached hydrogens (primary N) is 2. The molecule has 0 amide bonds. The molecule has 1 fully saturated rings. The van der Waals surface area contributed by atoms with E-state index in [-0.39, 0.29) is 12.0 Å². The van der Waals surface area contributed by atoms with Gasteiger partial charge < -0.3 is 10.6 Å². The number of rotatable bonds is 5. The molecule has 6 heteroatoms. The van der Waals surface area contributed by atoms with Crippen molar-refractivity contribution in [1.29, 1.82) is 0 Å². The van der Waals surface area contributed by atoms with Crippen molar-refractivity contribution >= 4 is 13.7 Å². The third-order valence-corrected chi connectivity index (χ3v) is 2.75. The average Bonchev–Trinajstić information content (AvgIpc) is 2.23. The number of hydrogen-bond acceptors (Lipinski definition) is 4. The Morgan fingerprint density at radius 2 is 2.06 bits per heavy atom. The predicted molar refractivity (Wildman–Crippen MR) is 74.3 cm³/mol. The lowest BCUT2D eigenvalue weighted by molar-refractivity contribution is 0.0359. The van der Waals surface area contributed by atoms with E-state index < -0.39 is 0 Å². The highest BCUT2D eigenvalue weighted by Crippen LogP contribution is 2.32. The van der Waals surface area contributed by atoms with Gasteiger partial charge in [0.2, 0.25) is 0 Å². The van der Waals surface area contributed by atoms with Gasteiger partial charge in [-0.1, -0.05) is 12.7 Å². The molecule has 0 heterocycles. The van der Waals surface area contributed by atoms with Gasteiger partial charge in [0, 0.05) is 13.0 Å². The molecule has 1 aliphatic rings. The Morgan fingerprint density at radius 3 is 2.50 bits per heavy atom. The second-order valence-corrected chi connectivity index (χ2v) is 4.38. The fourth-order valence-electron chi connectivity index (χ4n) is 1.81. The highest BCUT2D eigenvalue weighted by atomic mass is 16.5. The van der Waals surface area contributed by atoms with Crippen LogP contribution in [0, 0.1) is 5.92 Å². The normalized spacial score (nSPS) is 23.6. The molecule has 0 aromatic carbocycles. The SMILES string of the molecule is [B]C(=C)/C=C\C(=C)OC1CC(/C(=N/N)N(C)N)C1. The first-order valence-corrected chi connectivity index (χ1v) is 5.68. The van der Waals surface area contributed by atoms with E-state index in [4.69, 9.17) is 24.3 Å². The van der Waals surface area contributed by atoms with Gasteiger partial charge in [0.1, 0.15) is 25.5 Å². The molecule has 0 atom stereocenters. The monoisotopic (exact) mass is 246 g/mol. The summed E-state index contributed by atoms with van der Waals surface area (Å²) in [5.41, 5.74) is 0.466. The van der Waals surface area contributed by atoms with Crippen LogP contribution < -0.4 is 11.7 Å². The van der Waals surface area contributed by atoms with Crippen molar-refractivity contribution in [3.8, 4) is 0 Å². The van der Waals surface area contributed by atoms with Crippen molar-refractivity contribution in [2.75, 3.05) is 7.05 Å². The van der Waals surface area contributed by atoms with Gasteiger partial charge in [0.15, 0.2) is 0 Å². The Bertz CT molecular complexity index is 384. The summed E-state index contributed by atoms with van der Waals surface area (Å²) in [4.78, 5) is 0. The predicted octanol–water partition coefficient (Wildman–Crippen LogP) is 0.611. The summed E-state index contributed by atoms with van der Waals surface area (Å²) in [7, 11) is 7.12. The van der Waals surface area contributed by atoms with E-state index in [0.29, 0.717) is 17.1 Å². The van der Waals surface area contributed by atoms with Crippen molar-refractivity contribution in [3.05, 3.63) is 36.5 Å². The first-order chi connectivity index (χ1) is 8.43. The number of hydrazine groups is 1. The van der Waals surface area contributed by atoms with Crippen molar-refractivity contribution < 1.29 is 4.74 Å². The fraction of sp³-hybridized carbons (Fsp3) is 0.417. The molecular formula is C12H19BN4O. The molecule has 18 heavy (non-hydrogen) atoms. The molecule has 0 aliphatic heterocycles. The third kappa shape index (κ3) is 3.96. The minimum atomic E-state index is 0.120. The lowest BCUT2D eigenvalue weighted by Crippen LogP contribution is -2.46. The summed E-state index contributed by atoms with van der Waals surface area (Å²) < 4.78 is 5.61. The fourth-order valence-corrected chi connectivity index (χ4v) is 1.81. The van der Waals surface area contributed by atoms with E-state index in [1.807, 2.05) is 0 Å². The molecule has 5 nitrogen and oxygen atoms in total. The topological polar surface area (TPSA) is 76.9 Å². The molecule has 0 unspecified atom stereocenters. The smallest absolute Gasteiger partial charge is 0.141 e. The molecule has 0 spiro atoms. The lowest BCUT2D eigenvalue weighted by atomic mass is 9.81. The van der Waals surface area contributed by atoms with Crippen LogP contribution in [0.25, 0.3) is 0 Å². The molecule has 1 aliphatic carbocycles. The summed E-state index contributed by atoms with van der Waals surface area (Å²) >= 11 is 0. The highest BCUT2D eigenvalue weighted by molar-refractivity contribution is 6.23. The van der Waals surface area contributed by atoms with Gasteiger partial charge in [-0.05, 0) is 18.9 Å². The van der Waals surface area contributed by atoms with E-state index in [2.05, 4.69) is 18.3 Å². The number of ether oxygens (including phenoxy) is 1. The quantitative estimate of drug-likeness (QED) is 0.142. The second kappa shape index (κ2) is 6.30. The molecule has 1 saturated carbocycles. The molecule has 4 N–H and O–H groups in total. The molecule has 2 radical (unpaired) electrons. The molecule has 0 aromatic rings. The van der Waals surface area contributed by atoms with Gasteiger partial charge in [-0.25, -0.2) is 5.84 Å². The third-order valence-electron chi connectivity index (χ3n) is 2.75. The number of allylic oxidation sites excluding steroid dienone is 3. The van der Waals surface area contributed by atoms with Gasteiger partial charge in [0.25, 0.3) is 0 Å². The first-order valence-electron chi connectivity index (χ1n) is 5.68. The first kappa shape index (κ1) is 14.4. The average molecular weight is 246 g/mol. The van der Waals surface area contributed by atoms with Gasteiger partial charge in [-0.15, -0.1) is 12.1 Å². The Hall–Kier alpha value is -1.69. The Morgan fingerprint density at radius 1 is 1.44 bits per heavy atom. The zero-order chi connectivity index (χ0) is 13.7. The highest BCUT2D eigenvalue weighted by Gasteiger charge is 2.35. The number of hydrogen-bond donors (Lipinski definition) is 2. The maximum Gasteiger partial charge on any atom is 0.141 e. The largest absolute Gasteiger partial charge is 0.491 e. The number of hydrazone groups is 1. The Labute approximate surface area is 109 Å². The van der Waals surface area contributed by atoms with Crippen LogP contribution in [0.4, 0.5) is 0 Å². The van der Waals surface area contributed by atoms with E-state index in [9.17, 15) is 0 Å². The minimum absolute atomic E-state index is 0.120. The summed E-state index contributed by atoms with van der Waals surface area (Å²) in [6.45, 7) is 7.33. The van der Waals surface area contributed by atoms with Crippen LogP contribution in [0.15, 0.2) is 41.6 Å². The van der Waals surface area contributed by atoms with Gasteiger partial charge >= 0.3 is 0 Å². The van der Waals surface area contributed by atoms with Crippen LogP contribution in [0.3, 0.4) is 0 Å². The van der Waals surface area contributed by atoms with E-state index in [1.54, 1.807) is 19.2 Å². The van der Waals surface area contributed by atoms with Crippen LogP contribution in [0.2, 0.25) is 0 Å². The van der Waals surface area contributed by atoms with Crippen molar-refractivity contribution in [2.24, 2.45) is 22.7 Å². The molecule has 0 saturated heterocycles. The molecule has 0 aromatic heterocycles. The molecule has 1 rings (SSSR count). The van der Waals surface area contributed by atoms with E-state index in [0.717, 1.165) is 12.8 Å². The standard InChI is InChI=1S/C12H19BN4O/c1-8(13)4-5-9(2)18-11-6-10(7-11)12(16-14)17(3)15/h4-5,10-11H,1-2,6-7,14-15H2,3H3/b5-4-,16-12-. The Kier molecular flexibility index (Phi) is 5.03. The van der Waals surface area contributed by atoms with Crippen LogP contribution in [-0.2, 0) is 4.74 Å². The van der Waals surface area contributed by atoms with Crippen LogP contribution in [0.5, 0.6) is 0 Å². The van der Waals surface area contributed by atoms with Gasteiger partial charge in [-0.3, -0.25) is 5.01 Å². The van der Waals surface area contributed by atoms with Crippen molar-refractivity contribution in [1.82, 2.24) is 5.01 Å². The molecular weight excluding hydrogens is 227 g/mol. The minimum Gasteiger partial charge on any atom is -0.491 e. The van der Waals surface area contributed by atoms with Crippen molar-refractivity contribution in [2.45, 2.75) is 18.9 Å². The van der Waals surface area contributed by atoms with E-state index in [1.165, 1.54) is 5.01 Å². The number of amidine groups is 1. The van der Waals surface area contributed by atoms with Crippen molar-refractivity contribution in [3.63, 3.8) is 0 Å². The van der Waals surface area contributed by atoms with Gasteiger partial charge in [-0.2, -0.15) is 5.10 Å². The Balaban J connectivity index is 2.35. The zero-order valence-corrected chi connectivity index (χ0v) is 10.7. The maximum absolute atomic E-state index is 5.61. The van der Waals surface area contributed by atoms with Crippen LogP contribution in [0.1, 0.15) is 12.8 Å². The molecule has 0 bridgehead atoms. The number of nitrogens with zero attached hydrogens (tertiary/aromatic N) is 2. The zero-order valence-electron chi connectivity index (χ0n) is 10.7. The summed E-state index contributed by atoms with van der Waals surface area (Å²) in [6.07, 6.45) is 5.12. The molecule has 96 valence electrons. The lowest BCUT2D eigenvalue weighted by Gasteiger charge is -2.37.